The molecule has 1 aromatic carbocycles. The highest BCUT2D eigenvalue weighted by Crippen LogP contribution is 2.33. The van der Waals surface area contributed by atoms with E-state index in [0.29, 0.717) is 21.5 Å². The van der Waals surface area contributed by atoms with Gasteiger partial charge in [0.1, 0.15) is 0 Å². The first-order chi connectivity index (χ1) is 7.13. The van der Waals surface area contributed by atoms with Crippen molar-refractivity contribution < 1.29 is 14.3 Å². The molecule has 0 bridgehead atoms. The smallest absolute Gasteiger partial charge is 0.177 e. The van der Waals surface area contributed by atoms with Crippen molar-refractivity contribution in [2.75, 3.05) is 20.8 Å². The third kappa shape index (κ3) is 2.49. The summed E-state index contributed by atoms with van der Waals surface area (Å²) in [6.07, 6.45) is 0. The van der Waals surface area contributed by atoms with Crippen LogP contribution in [0.5, 0.6) is 11.5 Å². The molecule has 0 aliphatic rings. The number of rotatable bonds is 4. The Labute approximate surface area is 96.5 Å². The number of hydrogen-bond acceptors (Lipinski definition) is 4. The summed E-state index contributed by atoms with van der Waals surface area (Å²) in [5.74, 6) is 0.929. The van der Waals surface area contributed by atoms with E-state index < -0.39 is 0 Å². The van der Waals surface area contributed by atoms with Crippen LogP contribution in [-0.2, 0) is 0 Å². The van der Waals surface area contributed by atoms with Crippen LogP contribution in [0.3, 0.4) is 0 Å². The number of hydrogen-bond donors (Lipinski definition) is 1. The number of ketones is 1. The maximum Gasteiger partial charge on any atom is 0.177 e. The fourth-order valence-corrected chi connectivity index (χ4v) is 1.72. The number of benzene rings is 1. The van der Waals surface area contributed by atoms with Gasteiger partial charge in [-0.25, -0.2) is 0 Å². The molecule has 4 nitrogen and oxygen atoms in total. The highest BCUT2D eigenvalue weighted by molar-refractivity contribution is 9.10. The maximum atomic E-state index is 11.5. The molecule has 0 aliphatic heterocycles. The summed E-state index contributed by atoms with van der Waals surface area (Å²) in [6.45, 7) is -0.0336. The molecule has 0 heterocycles. The molecule has 82 valence electrons. The molecule has 15 heavy (non-hydrogen) atoms. The molecule has 5 heteroatoms. The minimum Gasteiger partial charge on any atom is -0.493 e. The van der Waals surface area contributed by atoms with E-state index >= 15 is 0 Å². The van der Waals surface area contributed by atoms with E-state index in [9.17, 15) is 4.79 Å². The highest BCUT2D eigenvalue weighted by atomic mass is 79.9. The Morgan fingerprint density at radius 3 is 2.33 bits per heavy atom. The Kier molecular flexibility index (Phi) is 4.11. The van der Waals surface area contributed by atoms with Gasteiger partial charge in [-0.3, -0.25) is 4.79 Å². The summed E-state index contributed by atoms with van der Waals surface area (Å²) in [5, 5.41) is 0. The van der Waals surface area contributed by atoms with Gasteiger partial charge in [0.05, 0.1) is 20.8 Å². The normalized spacial score (nSPS) is 9.87. The van der Waals surface area contributed by atoms with Crippen molar-refractivity contribution in [2.45, 2.75) is 0 Å². The number of methoxy groups -OCH3 is 2. The number of ether oxygens (including phenoxy) is 2. The highest BCUT2D eigenvalue weighted by Gasteiger charge is 2.13. The molecule has 0 saturated heterocycles. The van der Waals surface area contributed by atoms with E-state index in [1.54, 1.807) is 12.1 Å². The Hall–Kier alpha value is -1.07. The van der Waals surface area contributed by atoms with Gasteiger partial charge in [0.15, 0.2) is 17.3 Å². The quantitative estimate of drug-likeness (QED) is 0.847. The van der Waals surface area contributed by atoms with Gasteiger partial charge in [0, 0.05) is 10.0 Å². The number of halogens is 1. The van der Waals surface area contributed by atoms with Gasteiger partial charge in [-0.1, -0.05) is 0 Å². The van der Waals surface area contributed by atoms with E-state index in [1.807, 2.05) is 0 Å². The Morgan fingerprint density at radius 2 is 1.87 bits per heavy atom. The predicted molar refractivity (Wildman–Crippen MR) is 60.6 cm³/mol. The van der Waals surface area contributed by atoms with Gasteiger partial charge in [-0.2, -0.15) is 0 Å². The first kappa shape index (κ1) is 12.0. The fraction of sp³-hybridized carbons (Fsp3) is 0.300. The summed E-state index contributed by atoms with van der Waals surface area (Å²) in [4.78, 5) is 11.5. The van der Waals surface area contributed by atoms with Gasteiger partial charge < -0.3 is 15.2 Å². The van der Waals surface area contributed by atoms with Crippen molar-refractivity contribution >= 4 is 21.7 Å². The maximum absolute atomic E-state index is 11.5. The predicted octanol–water partition coefficient (Wildman–Crippen LogP) is 1.61. The van der Waals surface area contributed by atoms with Crippen LogP contribution in [0, 0.1) is 0 Å². The molecule has 0 amide bonds. The molecular weight excluding hydrogens is 262 g/mol. The minimum absolute atomic E-state index is 0.0336. The van der Waals surface area contributed by atoms with Gasteiger partial charge in [0.25, 0.3) is 0 Å². The molecule has 0 aromatic heterocycles. The van der Waals surface area contributed by atoms with E-state index in [2.05, 4.69) is 15.9 Å². The topological polar surface area (TPSA) is 61.5 Å². The van der Waals surface area contributed by atoms with Crippen LogP contribution in [-0.4, -0.2) is 26.5 Å². The van der Waals surface area contributed by atoms with Crippen LogP contribution < -0.4 is 15.2 Å². The third-order valence-corrected chi connectivity index (χ3v) is 2.62. The summed E-state index contributed by atoms with van der Waals surface area (Å²) < 4.78 is 10.8. The lowest BCUT2D eigenvalue weighted by Crippen LogP contribution is -2.14. The number of carbonyl (C=O) groups is 1. The first-order valence-corrected chi connectivity index (χ1v) is 5.08. The fourth-order valence-electron chi connectivity index (χ4n) is 1.18. The van der Waals surface area contributed by atoms with Crippen LogP contribution >= 0.6 is 15.9 Å². The van der Waals surface area contributed by atoms with Crippen molar-refractivity contribution in [1.29, 1.82) is 0 Å². The Balaban J connectivity index is 3.25. The monoisotopic (exact) mass is 273 g/mol. The molecule has 0 fully saturated rings. The molecule has 2 N–H and O–H groups in total. The summed E-state index contributed by atoms with van der Waals surface area (Å²) >= 11 is 3.28. The average molecular weight is 274 g/mol. The zero-order valence-electron chi connectivity index (χ0n) is 8.54. The van der Waals surface area contributed by atoms with Gasteiger partial charge in [-0.15, -0.1) is 0 Å². The Bertz CT molecular complexity index is 379. The lowest BCUT2D eigenvalue weighted by Gasteiger charge is -2.10. The van der Waals surface area contributed by atoms with E-state index in [0.717, 1.165) is 0 Å². The molecular formula is C10H12BrNO3. The largest absolute Gasteiger partial charge is 0.493 e. The number of Topliss-reactive ketones (excluding diaryl/α,β-unsaturated/α-hetero) is 1. The van der Waals surface area contributed by atoms with Crippen LogP contribution in [0.15, 0.2) is 16.6 Å². The van der Waals surface area contributed by atoms with Crippen molar-refractivity contribution in [3.63, 3.8) is 0 Å². The molecule has 0 unspecified atom stereocenters. The van der Waals surface area contributed by atoms with Crippen molar-refractivity contribution in [3.05, 3.63) is 22.2 Å². The minimum atomic E-state index is -0.150. The van der Waals surface area contributed by atoms with E-state index in [-0.39, 0.29) is 12.3 Å². The standard InChI is InChI=1S/C10H12BrNO3/c1-14-9-3-6(8(13)5-12)7(11)4-10(9)15-2/h3-4H,5,12H2,1-2H3. The molecule has 1 aromatic rings. The molecule has 0 aliphatic carbocycles. The second-order valence-electron chi connectivity index (χ2n) is 2.81. The lowest BCUT2D eigenvalue weighted by molar-refractivity contribution is 0.100. The first-order valence-electron chi connectivity index (χ1n) is 4.28. The third-order valence-electron chi connectivity index (χ3n) is 1.96. The SMILES string of the molecule is COc1cc(Br)c(C(=O)CN)cc1OC. The van der Waals surface area contributed by atoms with Crippen LogP contribution in [0.25, 0.3) is 0 Å². The van der Waals surface area contributed by atoms with Gasteiger partial charge in [-0.05, 0) is 28.1 Å². The van der Waals surface area contributed by atoms with Crippen LogP contribution in [0.2, 0.25) is 0 Å². The van der Waals surface area contributed by atoms with Crippen LogP contribution in [0.1, 0.15) is 10.4 Å². The molecule has 1 rings (SSSR count). The average Bonchev–Trinajstić information content (AvgIpc) is 2.27. The second kappa shape index (κ2) is 5.14. The molecule has 0 saturated carbocycles. The van der Waals surface area contributed by atoms with Crippen molar-refractivity contribution in [3.8, 4) is 11.5 Å². The van der Waals surface area contributed by atoms with E-state index in [4.69, 9.17) is 15.2 Å². The van der Waals surface area contributed by atoms with Gasteiger partial charge >= 0.3 is 0 Å². The zero-order chi connectivity index (χ0) is 11.4. The molecule has 0 atom stereocenters. The van der Waals surface area contributed by atoms with Gasteiger partial charge in [0.2, 0.25) is 0 Å². The van der Waals surface area contributed by atoms with E-state index in [1.165, 1.54) is 14.2 Å². The summed E-state index contributed by atoms with van der Waals surface area (Å²) in [6, 6.07) is 3.29. The lowest BCUT2D eigenvalue weighted by atomic mass is 10.1. The van der Waals surface area contributed by atoms with Crippen LogP contribution in [0.4, 0.5) is 0 Å². The molecule has 0 radical (unpaired) electrons. The summed E-state index contributed by atoms with van der Waals surface area (Å²) in [7, 11) is 3.05. The number of nitrogens with two attached hydrogens (primary N) is 1. The van der Waals surface area contributed by atoms with Crippen molar-refractivity contribution in [2.24, 2.45) is 5.73 Å². The van der Waals surface area contributed by atoms with Crippen molar-refractivity contribution in [1.82, 2.24) is 0 Å². The number of carbonyl (C=O) groups excluding carboxylic acids is 1. The second-order valence-corrected chi connectivity index (χ2v) is 3.67. The molecule has 0 spiro atoms. The Morgan fingerprint density at radius 1 is 1.33 bits per heavy atom. The summed E-state index contributed by atoms with van der Waals surface area (Å²) in [5.41, 5.74) is 5.79. The zero-order valence-corrected chi connectivity index (χ0v) is 10.1.